The predicted molar refractivity (Wildman–Crippen MR) is 129 cm³/mol. The van der Waals surface area contributed by atoms with Crippen molar-refractivity contribution in [1.82, 2.24) is 15.0 Å². The van der Waals surface area contributed by atoms with E-state index in [9.17, 15) is 13.2 Å². The van der Waals surface area contributed by atoms with E-state index in [-0.39, 0.29) is 22.7 Å². The first-order valence-electron chi connectivity index (χ1n) is 10.6. The van der Waals surface area contributed by atoms with E-state index >= 15 is 0 Å². The molecule has 0 bridgehead atoms. The highest BCUT2D eigenvalue weighted by Gasteiger charge is 2.26. The van der Waals surface area contributed by atoms with Crippen LogP contribution in [0.25, 0.3) is 0 Å². The van der Waals surface area contributed by atoms with Gasteiger partial charge in [-0.25, -0.2) is 27.7 Å². The Morgan fingerprint density at radius 2 is 1.94 bits per heavy atom. The molecule has 2 unspecified atom stereocenters. The van der Waals surface area contributed by atoms with Crippen molar-refractivity contribution in [3.8, 4) is 0 Å². The van der Waals surface area contributed by atoms with Gasteiger partial charge >= 0.3 is 0 Å². The zero-order valence-corrected chi connectivity index (χ0v) is 20.0. The maximum atomic E-state index is 12.8. The Balaban J connectivity index is 1.32. The Labute approximate surface area is 198 Å². The first kappa shape index (κ1) is 23.2. The van der Waals surface area contributed by atoms with E-state index in [2.05, 4.69) is 28.1 Å². The third-order valence-electron chi connectivity index (χ3n) is 5.40. The summed E-state index contributed by atoms with van der Waals surface area (Å²) in [4.78, 5) is 21.7. The third-order valence-corrected chi connectivity index (χ3v) is 8.35. The average molecular weight is 484 g/mol. The molecule has 1 aliphatic carbocycles. The predicted octanol–water partition coefficient (Wildman–Crippen LogP) is 3.36. The van der Waals surface area contributed by atoms with E-state index < -0.39 is 10.0 Å². The van der Waals surface area contributed by atoms with Crippen LogP contribution in [-0.4, -0.2) is 54.9 Å². The summed E-state index contributed by atoms with van der Waals surface area (Å²) >= 11 is 1.60. The summed E-state index contributed by atoms with van der Waals surface area (Å²) in [6.45, 7) is 2.66. The van der Waals surface area contributed by atoms with Crippen LogP contribution in [0.4, 0.5) is 5.95 Å². The number of benzene rings is 1. The second-order valence-corrected chi connectivity index (χ2v) is 11.0. The molecule has 0 saturated heterocycles. The molecule has 8 nitrogen and oxygen atoms in total. The number of hydrazone groups is 1. The summed E-state index contributed by atoms with van der Waals surface area (Å²) in [6, 6.07) is 8.36. The van der Waals surface area contributed by atoms with Crippen LogP contribution in [-0.2, 0) is 14.8 Å². The van der Waals surface area contributed by atoms with Gasteiger partial charge in [-0.1, -0.05) is 25.2 Å². The smallest absolute Gasteiger partial charge is 0.267 e. The van der Waals surface area contributed by atoms with E-state index in [0.29, 0.717) is 18.0 Å². The topological polar surface area (TPSA) is 95.8 Å². The first-order valence-corrected chi connectivity index (χ1v) is 13.0. The van der Waals surface area contributed by atoms with Gasteiger partial charge in [0.15, 0.2) is 0 Å². The molecule has 2 aromatic rings. The molecule has 0 N–H and O–H groups in total. The number of carbonyl (C=O) groups excluding carboxylic acids is 1. The Morgan fingerprint density at radius 1 is 1.21 bits per heavy atom. The van der Waals surface area contributed by atoms with E-state index in [1.54, 1.807) is 42.1 Å². The second-order valence-electron chi connectivity index (χ2n) is 7.95. The Bertz CT molecular complexity index is 1190. The molecule has 1 amide bonds. The van der Waals surface area contributed by atoms with Crippen molar-refractivity contribution in [2.75, 3.05) is 23.7 Å². The van der Waals surface area contributed by atoms with Crippen molar-refractivity contribution >= 4 is 39.9 Å². The lowest BCUT2D eigenvalue weighted by Gasteiger charge is -2.18. The van der Waals surface area contributed by atoms with Gasteiger partial charge in [-0.2, -0.15) is 5.10 Å². The molecule has 4 rings (SSSR count). The second kappa shape index (κ2) is 9.88. The molecule has 1 aromatic heterocycles. The highest BCUT2D eigenvalue weighted by molar-refractivity contribution is 7.99. The maximum Gasteiger partial charge on any atom is 0.273 e. The van der Waals surface area contributed by atoms with Crippen LogP contribution < -0.4 is 4.31 Å². The first-order chi connectivity index (χ1) is 15.8. The summed E-state index contributed by atoms with van der Waals surface area (Å²) in [5.41, 5.74) is 0.696. The van der Waals surface area contributed by atoms with Crippen molar-refractivity contribution in [2.24, 2.45) is 16.9 Å². The van der Waals surface area contributed by atoms with Crippen molar-refractivity contribution < 1.29 is 13.2 Å². The maximum absolute atomic E-state index is 12.8. The highest BCUT2D eigenvalue weighted by Crippen LogP contribution is 2.26. The van der Waals surface area contributed by atoms with E-state index in [1.807, 2.05) is 18.4 Å². The number of thioether (sulfide) groups is 1. The molecule has 0 saturated carbocycles. The summed E-state index contributed by atoms with van der Waals surface area (Å²) in [6.07, 6.45) is 11.6. The number of rotatable bonds is 7. The van der Waals surface area contributed by atoms with Crippen LogP contribution >= 0.6 is 11.8 Å². The van der Waals surface area contributed by atoms with Crippen molar-refractivity contribution in [1.29, 1.82) is 0 Å². The third kappa shape index (κ3) is 5.33. The number of allylic oxidation sites excluding steroid dienone is 2. The van der Waals surface area contributed by atoms with E-state index in [4.69, 9.17) is 0 Å². The van der Waals surface area contributed by atoms with E-state index in [0.717, 1.165) is 21.4 Å². The van der Waals surface area contributed by atoms with Crippen LogP contribution in [0.2, 0.25) is 0 Å². The fourth-order valence-corrected chi connectivity index (χ4v) is 5.42. The van der Waals surface area contributed by atoms with Crippen LogP contribution in [0, 0.1) is 11.8 Å². The fourth-order valence-electron chi connectivity index (χ4n) is 3.39. The molecule has 10 heteroatoms. The van der Waals surface area contributed by atoms with Gasteiger partial charge in [-0.05, 0) is 42.7 Å². The monoisotopic (exact) mass is 483 g/mol. The Kier molecular flexibility index (Phi) is 6.94. The van der Waals surface area contributed by atoms with Gasteiger partial charge in [-0.15, -0.1) is 11.8 Å². The molecule has 172 valence electrons. The van der Waals surface area contributed by atoms with Gasteiger partial charge in [0.05, 0.1) is 11.4 Å². The summed E-state index contributed by atoms with van der Waals surface area (Å²) in [5, 5.41) is 5.81. The molecule has 2 aliphatic rings. The molecule has 1 aliphatic heterocycles. The van der Waals surface area contributed by atoms with Crippen LogP contribution in [0.3, 0.4) is 0 Å². The molecular weight excluding hydrogens is 458 g/mol. The number of aromatic nitrogens is 2. The minimum atomic E-state index is -3.75. The van der Waals surface area contributed by atoms with Gasteiger partial charge in [0.1, 0.15) is 0 Å². The number of amides is 1. The molecule has 0 radical (unpaired) electrons. The number of nitrogens with zero attached hydrogens (tertiary/aromatic N) is 5. The lowest BCUT2D eigenvalue weighted by molar-refractivity contribution is -0.126. The van der Waals surface area contributed by atoms with Gasteiger partial charge < -0.3 is 0 Å². The van der Waals surface area contributed by atoms with E-state index in [1.165, 1.54) is 24.5 Å². The largest absolute Gasteiger partial charge is 0.273 e. The van der Waals surface area contributed by atoms with Crippen molar-refractivity contribution in [2.45, 2.75) is 23.1 Å². The fraction of sp³-hybridized carbons (Fsp3) is 0.304. The van der Waals surface area contributed by atoms with Gasteiger partial charge in [0, 0.05) is 47.8 Å². The van der Waals surface area contributed by atoms with Crippen molar-refractivity contribution in [3.05, 3.63) is 66.5 Å². The average Bonchev–Trinajstić information content (AvgIpc) is 3.32. The van der Waals surface area contributed by atoms with Crippen LogP contribution in [0.1, 0.15) is 13.3 Å². The minimum absolute atomic E-state index is 0.0667. The molecule has 0 spiro atoms. The molecule has 2 heterocycles. The number of sulfonamides is 1. The Hall–Kier alpha value is -2.98. The number of hydrogen-bond donors (Lipinski definition) is 0. The molecule has 2 atom stereocenters. The molecule has 33 heavy (non-hydrogen) atoms. The number of anilines is 1. The zero-order chi connectivity index (χ0) is 23.4. The number of hydrogen-bond acceptors (Lipinski definition) is 7. The van der Waals surface area contributed by atoms with Crippen molar-refractivity contribution in [3.63, 3.8) is 0 Å². The summed E-state index contributed by atoms with van der Waals surface area (Å²) < 4.78 is 26.7. The normalized spacial score (nSPS) is 20.1. The SMILES string of the molecule is CC1C=CC(C(=O)N2CC(CSc3ccc(S(=O)(=O)N(C)c4ncccn4)cc3)C=N2)=CC1. The minimum Gasteiger partial charge on any atom is -0.267 e. The lowest BCUT2D eigenvalue weighted by Crippen LogP contribution is -2.28. The molecule has 1 aromatic carbocycles. The van der Waals surface area contributed by atoms with Crippen LogP contribution in [0.15, 0.2) is 81.4 Å². The highest BCUT2D eigenvalue weighted by atomic mass is 32.2. The van der Waals surface area contributed by atoms with Gasteiger partial charge in [0.25, 0.3) is 15.9 Å². The molecule has 0 fully saturated rings. The quantitative estimate of drug-likeness (QED) is 0.561. The van der Waals surface area contributed by atoms with Gasteiger partial charge in [0.2, 0.25) is 5.95 Å². The summed E-state index contributed by atoms with van der Waals surface area (Å²) in [5.74, 6) is 1.38. The van der Waals surface area contributed by atoms with Crippen LogP contribution in [0.5, 0.6) is 0 Å². The zero-order valence-electron chi connectivity index (χ0n) is 18.4. The summed E-state index contributed by atoms with van der Waals surface area (Å²) in [7, 11) is -2.32. The van der Waals surface area contributed by atoms with Gasteiger partial charge in [-0.3, -0.25) is 4.79 Å². The standard InChI is InChI=1S/C23H25N5O3S2/c1-17-4-6-19(7-5-17)22(29)28-15-18(14-26-28)16-32-20-8-10-21(11-9-20)33(30,31)27(2)23-24-12-3-13-25-23/h3-4,6-14,17-18H,5,15-16H2,1-2H3. The Morgan fingerprint density at radius 3 is 2.61 bits per heavy atom. The number of carbonyl (C=O) groups is 1. The molecular formula is C23H25N5O3S2. The lowest BCUT2D eigenvalue weighted by atomic mass is 9.98.